The predicted octanol–water partition coefficient (Wildman–Crippen LogP) is 2.10. The van der Waals surface area contributed by atoms with Gasteiger partial charge in [-0.1, -0.05) is 37.3 Å². The molecule has 0 spiro atoms. The molecule has 126 valence electrons. The number of hydrogen-bond acceptors (Lipinski definition) is 5. The summed E-state index contributed by atoms with van der Waals surface area (Å²) in [7, 11) is 0. The summed E-state index contributed by atoms with van der Waals surface area (Å²) in [6, 6.07) is 8.02. The lowest BCUT2D eigenvalue weighted by atomic mass is 10.1. The zero-order valence-electron chi connectivity index (χ0n) is 13.0. The molecule has 0 aromatic heterocycles. The van der Waals surface area contributed by atoms with Gasteiger partial charge >= 0.3 is 18.0 Å². The van der Waals surface area contributed by atoms with E-state index in [4.69, 9.17) is 14.6 Å². The van der Waals surface area contributed by atoms with Crippen LogP contribution >= 0.6 is 0 Å². The molecule has 1 aromatic rings. The van der Waals surface area contributed by atoms with Crippen LogP contribution < -0.4 is 5.32 Å². The zero-order valence-corrected chi connectivity index (χ0v) is 13.0. The number of esters is 1. The Bertz CT molecular complexity index is 517. The number of benzene rings is 1. The number of carbonyl (C=O) groups excluding carboxylic acids is 2. The number of aliphatic carboxylic acids is 1. The smallest absolute Gasteiger partial charge is 0.408 e. The number of hydrogen-bond donors (Lipinski definition) is 2. The number of carboxylic acid groups (broad SMARTS) is 1. The molecule has 7 heteroatoms. The molecule has 0 aliphatic heterocycles. The van der Waals surface area contributed by atoms with Gasteiger partial charge in [0.25, 0.3) is 0 Å². The van der Waals surface area contributed by atoms with Crippen molar-refractivity contribution < 1.29 is 29.0 Å². The van der Waals surface area contributed by atoms with Gasteiger partial charge in [-0.05, 0) is 18.4 Å². The standard InChI is InChI=1S/C16H21NO6/c1-2-10-22-15(20)13(8-9-14(18)19)17-16(21)23-11-12-6-4-3-5-7-12/h3-7,13H,2,8-11H2,1H3,(H,17,21)(H,18,19)/t13-/m0/s1. The lowest BCUT2D eigenvalue weighted by molar-refractivity contribution is -0.146. The van der Waals surface area contributed by atoms with Crippen molar-refractivity contribution in [3.63, 3.8) is 0 Å². The third kappa shape index (κ3) is 7.85. The van der Waals surface area contributed by atoms with Gasteiger partial charge in [-0.3, -0.25) is 4.79 Å². The molecule has 1 aromatic carbocycles. The van der Waals surface area contributed by atoms with Crippen molar-refractivity contribution in [1.29, 1.82) is 0 Å². The third-order valence-electron chi connectivity index (χ3n) is 2.88. The Morgan fingerprint density at radius 3 is 2.48 bits per heavy atom. The summed E-state index contributed by atoms with van der Waals surface area (Å²) in [5.74, 6) is -1.72. The van der Waals surface area contributed by atoms with Crippen molar-refractivity contribution in [3.8, 4) is 0 Å². The summed E-state index contributed by atoms with van der Waals surface area (Å²) < 4.78 is 9.96. The minimum atomic E-state index is -1.06. The Morgan fingerprint density at radius 1 is 1.17 bits per heavy atom. The molecule has 1 atom stereocenters. The minimum absolute atomic E-state index is 0.0572. The molecule has 23 heavy (non-hydrogen) atoms. The van der Waals surface area contributed by atoms with Crippen LogP contribution in [0.3, 0.4) is 0 Å². The molecular formula is C16H21NO6. The molecule has 0 radical (unpaired) electrons. The van der Waals surface area contributed by atoms with E-state index in [0.717, 1.165) is 5.56 Å². The van der Waals surface area contributed by atoms with Gasteiger partial charge in [0.1, 0.15) is 12.6 Å². The van der Waals surface area contributed by atoms with Crippen LogP contribution in [0.1, 0.15) is 31.7 Å². The fourth-order valence-electron chi connectivity index (χ4n) is 1.73. The lowest BCUT2D eigenvalue weighted by Crippen LogP contribution is -2.42. The maximum atomic E-state index is 11.8. The summed E-state index contributed by atoms with van der Waals surface area (Å²) in [5.41, 5.74) is 0.804. The fourth-order valence-corrected chi connectivity index (χ4v) is 1.73. The molecule has 0 bridgehead atoms. The van der Waals surface area contributed by atoms with Gasteiger partial charge in [0.05, 0.1) is 6.61 Å². The second-order valence-corrected chi connectivity index (χ2v) is 4.86. The molecule has 1 amide bonds. The number of nitrogens with one attached hydrogen (secondary N) is 1. The molecule has 0 heterocycles. The number of amides is 1. The Hall–Kier alpha value is -2.57. The van der Waals surface area contributed by atoms with Crippen LogP contribution in [0.4, 0.5) is 4.79 Å². The molecule has 0 unspecified atom stereocenters. The van der Waals surface area contributed by atoms with Gasteiger partial charge < -0.3 is 19.9 Å². The normalized spacial score (nSPS) is 11.3. The molecule has 7 nitrogen and oxygen atoms in total. The average Bonchev–Trinajstić information content (AvgIpc) is 2.55. The van der Waals surface area contributed by atoms with E-state index >= 15 is 0 Å². The molecule has 0 aliphatic carbocycles. The van der Waals surface area contributed by atoms with Crippen LogP contribution in [-0.2, 0) is 25.7 Å². The largest absolute Gasteiger partial charge is 0.481 e. The van der Waals surface area contributed by atoms with Crippen LogP contribution in [0, 0.1) is 0 Å². The molecule has 1 rings (SSSR count). The lowest BCUT2D eigenvalue weighted by Gasteiger charge is -2.16. The second kappa shape index (κ2) is 10.2. The Kier molecular flexibility index (Phi) is 8.20. The van der Waals surface area contributed by atoms with E-state index in [2.05, 4.69) is 5.32 Å². The fraction of sp³-hybridized carbons (Fsp3) is 0.438. The van der Waals surface area contributed by atoms with Crippen LogP contribution in [0.25, 0.3) is 0 Å². The van der Waals surface area contributed by atoms with E-state index < -0.39 is 24.1 Å². The Morgan fingerprint density at radius 2 is 1.87 bits per heavy atom. The summed E-state index contributed by atoms with van der Waals surface area (Å²) in [6.45, 7) is 2.10. The maximum Gasteiger partial charge on any atom is 0.408 e. The van der Waals surface area contributed by atoms with Crippen LogP contribution in [0.2, 0.25) is 0 Å². The zero-order chi connectivity index (χ0) is 17.1. The quantitative estimate of drug-likeness (QED) is 0.675. The molecule has 0 saturated heterocycles. The van der Waals surface area contributed by atoms with E-state index in [9.17, 15) is 14.4 Å². The molecule has 2 N–H and O–H groups in total. The number of alkyl carbamates (subject to hydrolysis) is 1. The van der Waals surface area contributed by atoms with Gasteiger partial charge in [0, 0.05) is 6.42 Å². The van der Waals surface area contributed by atoms with E-state index in [-0.39, 0.29) is 26.1 Å². The van der Waals surface area contributed by atoms with E-state index in [1.54, 1.807) is 12.1 Å². The van der Waals surface area contributed by atoms with Crippen molar-refractivity contribution in [1.82, 2.24) is 5.32 Å². The van der Waals surface area contributed by atoms with Crippen LogP contribution in [0.5, 0.6) is 0 Å². The number of ether oxygens (including phenoxy) is 2. The van der Waals surface area contributed by atoms with Gasteiger partial charge in [0.15, 0.2) is 0 Å². The van der Waals surface area contributed by atoms with Gasteiger partial charge in [-0.2, -0.15) is 0 Å². The third-order valence-corrected chi connectivity index (χ3v) is 2.88. The average molecular weight is 323 g/mol. The van der Waals surface area contributed by atoms with Crippen molar-refractivity contribution in [2.75, 3.05) is 6.61 Å². The number of carboxylic acids is 1. The van der Waals surface area contributed by atoms with E-state index in [1.165, 1.54) is 0 Å². The van der Waals surface area contributed by atoms with Gasteiger partial charge in [-0.15, -0.1) is 0 Å². The highest BCUT2D eigenvalue weighted by Gasteiger charge is 2.23. The molecule has 0 saturated carbocycles. The highest BCUT2D eigenvalue weighted by Crippen LogP contribution is 2.04. The first-order chi connectivity index (χ1) is 11.0. The molecule has 0 aliphatic rings. The van der Waals surface area contributed by atoms with Crippen molar-refractivity contribution in [2.24, 2.45) is 0 Å². The Balaban J connectivity index is 2.51. The van der Waals surface area contributed by atoms with Crippen molar-refractivity contribution >= 4 is 18.0 Å². The highest BCUT2D eigenvalue weighted by atomic mass is 16.6. The highest BCUT2D eigenvalue weighted by molar-refractivity contribution is 5.82. The van der Waals surface area contributed by atoms with E-state index in [1.807, 2.05) is 25.1 Å². The molecule has 0 fully saturated rings. The number of carbonyl (C=O) groups is 3. The Labute approximate surface area is 134 Å². The van der Waals surface area contributed by atoms with Crippen molar-refractivity contribution in [3.05, 3.63) is 35.9 Å². The first kappa shape index (κ1) is 18.5. The van der Waals surface area contributed by atoms with Gasteiger partial charge in [0.2, 0.25) is 0 Å². The SMILES string of the molecule is CCCOC(=O)[C@H](CCC(=O)O)NC(=O)OCc1ccccc1. The summed E-state index contributed by atoms with van der Waals surface area (Å²) in [4.78, 5) is 34.2. The number of rotatable bonds is 9. The minimum Gasteiger partial charge on any atom is -0.481 e. The van der Waals surface area contributed by atoms with Crippen LogP contribution in [0.15, 0.2) is 30.3 Å². The summed E-state index contributed by atoms with van der Waals surface area (Å²) in [6.07, 6.45) is -0.475. The topological polar surface area (TPSA) is 102 Å². The second-order valence-electron chi connectivity index (χ2n) is 4.86. The van der Waals surface area contributed by atoms with Gasteiger partial charge in [-0.25, -0.2) is 9.59 Å². The maximum absolute atomic E-state index is 11.8. The monoisotopic (exact) mass is 323 g/mol. The summed E-state index contributed by atoms with van der Waals surface area (Å²) in [5, 5.41) is 11.1. The first-order valence-corrected chi connectivity index (χ1v) is 7.38. The predicted molar refractivity (Wildman–Crippen MR) is 81.7 cm³/mol. The van der Waals surface area contributed by atoms with Crippen LogP contribution in [-0.4, -0.2) is 35.8 Å². The van der Waals surface area contributed by atoms with E-state index in [0.29, 0.717) is 6.42 Å². The molecular weight excluding hydrogens is 302 g/mol. The van der Waals surface area contributed by atoms with Crippen molar-refractivity contribution in [2.45, 2.75) is 38.8 Å². The first-order valence-electron chi connectivity index (χ1n) is 7.38. The summed E-state index contributed by atoms with van der Waals surface area (Å²) >= 11 is 0.